The first kappa shape index (κ1) is 22.0. The number of H-pyrrole nitrogens is 1. The quantitative estimate of drug-likeness (QED) is 0.530. The predicted molar refractivity (Wildman–Crippen MR) is 125 cm³/mol. The minimum Gasteiger partial charge on any atom is -0.325 e. The number of aryl methyl sites for hydroxylation is 3. The van der Waals surface area contributed by atoms with Crippen LogP contribution in [0.4, 0.5) is 11.4 Å². The largest absolute Gasteiger partial charge is 0.325 e. The van der Waals surface area contributed by atoms with Gasteiger partial charge in [0.05, 0.1) is 27.8 Å². The van der Waals surface area contributed by atoms with Crippen LogP contribution in [0.5, 0.6) is 0 Å². The predicted octanol–water partition coefficient (Wildman–Crippen LogP) is 4.13. The highest BCUT2D eigenvalue weighted by molar-refractivity contribution is 7.99. The highest BCUT2D eigenvalue weighted by Crippen LogP contribution is 2.27. The molecule has 0 bridgehead atoms. The number of nitrogens with one attached hydrogen (secondary N) is 3. The number of benzene rings is 1. The lowest BCUT2D eigenvalue weighted by Gasteiger charge is -2.15. The molecule has 1 unspecified atom stereocenters. The van der Waals surface area contributed by atoms with Gasteiger partial charge in [-0.3, -0.25) is 14.4 Å². The van der Waals surface area contributed by atoms with Gasteiger partial charge in [-0.25, -0.2) is 4.98 Å². The molecule has 1 aromatic carbocycles. The molecule has 0 aliphatic carbocycles. The van der Waals surface area contributed by atoms with Crippen molar-refractivity contribution in [2.75, 3.05) is 10.6 Å². The van der Waals surface area contributed by atoms with Gasteiger partial charge in [-0.05, 0) is 51.0 Å². The number of hydrogen-bond donors (Lipinski definition) is 3. The Bertz CT molecular complexity index is 1180. The smallest absolute Gasteiger partial charge is 0.259 e. The van der Waals surface area contributed by atoms with Crippen molar-refractivity contribution in [3.05, 3.63) is 50.4 Å². The molecule has 0 saturated heterocycles. The summed E-state index contributed by atoms with van der Waals surface area (Å²) in [6, 6.07) is 5.44. The molecule has 2 heterocycles. The molecule has 30 heavy (non-hydrogen) atoms. The summed E-state index contributed by atoms with van der Waals surface area (Å²) in [4.78, 5) is 45.7. The average Bonchev–Trinajstić information content (AvgIpc) is 2.95. The van der Waals surface area contributed by atoms with E-state index in [0.717, 1.165) is 20.8 Å². The van der Waals surface area contributed by atoms with Gasteiger partial charge in [0.2, 0.25) is 11.8 Å². The standard InChI is InChI=1S/C21H24N4O3S2/c1-10-6-7-15(22-14(5)26)16(8-10)23-19(27)13(4)29-9-17-24-20(28)18-11(2)12(3)30-21(18)25-17/h6-8,13H,9H2,1-5H3,(H,22,26)(H,23,27)(H,24,25,28). The molecule has 0 saturated carbocycles. The number of carbonyl (C=O) groups is 2. The lowest BCUT2D eigenvalue weighted by molar-refractivity contribution is -0.116. The third-order valence-corrected chi connectivity index (χ3v) is 6.93. The second-order valence-electron chi connectivity index (χ2n) is 7.15. The second-order valence-corrected chi connectivity index (χ2v) is 9.68. The van der Waals surface area contributed by atoms with Crippen molar-refractivity contribution in [3.63, 3.8) is 0 Å². The third kappa shape index (κ3) is 4.91. The fraction of sp³-hybridized carbons (Fsp3) is 0.333. The van der Waals surface area contributed by atoms with Gasteiger partial charge in [-0.15, -0.1) is 23.1 Å². The van der Waals surface area contributed by atoms with Crippen LogP contribution in [0.1, 0.15) is 35.7 Å². The molecule has 0 spiro atoms. The number of nitrogens with zero attached hydrogens (tertiary/aromatic N) is 1. The molecule has 3 aromatic rings. The molecule has 0 radical (unpaired) electrons. The zero-order valence-electron chi connectivity index (χ0n) is 17.5. The number of amides is 2. The molecular weight excluding hydrogens is 420 g/mol. The normalized spacial score (nSPS) is 12.0. The first-order valence-corrected chi connectivity index (χ1v) is 11.3. The molecule has 2 aromatic heterocycles. The summed E-state index contributed by atoms with van der Waals surface area (Å²) in [5.74, 6) is 0.555. The van der Waals surface area contributed by atoms with E-state index in [4.69, 9.17) is 0 Å². The van der Waals surface area contributed by atoms with Crippen molar-refractivity contribution < 1.29 is 9.59 Å². The summed E-state index contributed by atoms with van der Waals surface area (Å²) in [7, 11) is 0. The highest BCUT2D eigenvalue weighted by Gasteiger charge is 2.18. The minimum atomic E-state index is -0.386. The number of aromatic amines is 1. The number of rotatable bonds is 6. The fourth-order valence-corrected chi connectivity index (χ4v) is 4.75. The van der Waals surface area contributed by atoms with E-state index in [1.807, 2.05) is 32.9 Å². The van der Waals surface area contributed by atoms with Crippen LogP contribution in [0, 0.1) is 20.8 Å². The lowest BCUT2D eigenvalue weighted by atomic mass is 10.2. The number of anilines is 2. The Hall–Kier alpha value is -2.65. The zero-order chi connectivity index (χ0) is 22.0. The number of thiophene rings is 1. The van der Waals surface area contributed by atoms with Crippen molar-refractivity contribution in [2.45, 2.75) is 45.6 Å². The van der Waals surface area contributed by atoms with E-state index < -0.39 is 0 Å². The Morgan fingerprint density at radius 2 is 1.93 bits per heavy atom. The molecule has 0 fully saturated rings. The van der Waals surface area contributed by atoms with Crippen molar-refractivity contribution >= 4 is 56.5 Å². The van der Waals surface area contributed by atoms with Gasteiger partial charge < -0.3 is 15.6 Å². The van der Waals surface area contributed by atoms with E-state index in [0.29, 0.717) is 28.3 Å². The molecule has 9 heteroatoms. The highest BCUT2D eigenvalue weighted by atomic mass is 32.2. The number of hydrogen-bond acceptors (Lipinski definition) is 6. The van der Waals surface area contributed by atoms with E-state index in [1.165, 1.54) is 30.0 Å². The molecule has 0 aliphatic heterocycles. The van der Waals surface area contributed by atoms with E-state index >= 15 is 0 Å². The number of fused-ring (bicyclic) bond motifs is 1. The first-order valence-electron chi connectivity index (χ1n) is 9.45. The van der Waals surface area contributed by atoms with Gasteiger partial charge in [0.1, 0.15) is 10.7 Å². The fourth-order valence-electron chi connectivity index (χ4n) is 2.94. The van der Waals surface area contributed by atoms with Crippen LogP contribution in [0.2, 0.25) is 0 Å². The Morgan fingerprint density at radius 1 is 1.20 bits per heavy atom. The van der Waals surface area contributed by atoms with Gasteiger partial charge in [-0.1, -0.05) is 6.07 Å². The number of carbonyl (C=O) groups excluding carboxylic acids is 2. The Kier molecular flexibility index (Phi) is 6.62. The monoisotopic (exact) mass is 444 g/mol. The summed E-state index contributed by atoms with van der Waals surface area (Å²) >= 11 is 2.88. The maximum atomic E-state index is 12.7. The molecule has 3 N–H and O–H groups in total. The van der Waals surface area contributed by atoms with Crippen LogP contribution in [-0.4, -0.2) is 27.0 Å². The van der Waals surface area contributed by atoms with Gasteiger partial charge >= 0.3 is 0 Å². The van der Waals surface area contributed by atoms with E-state index in [9.17, 15) is 14.4 Å². The minimum absolute atomic E-state index is 0.144. The van der Waals surface area contributed by atoms with Crippen molar-refractivity contribution in [1.82, 2.24) is 9.97 Å². The molecular formula is C21H24N4O3S2. The molecule has 1 atom stereocenters. The van der Waals surface area contributed by atoms with Crippen LogP contribution in [0.3, 0.4) is 0 Å². The van der Waals surface area contributed by atoms with Crippen LogP contribution < -0.4 is 16.2 Å². The van der Waals surface area contributed by atoms with Gasteiger partial charge in [0.15, 0.2) is 0 Å². The maximum absolute atomic E-state index is 12.7. The van der Waals surface area contributed by atoms with Gasteiger partial charge in [0.25, 0.3) is 5.56 Å². The summed E-state index contributed by atoms with van der Waals surface area (Å²) in [6.45, 7) is 9.03. The lowest BCUT2D eigenvalue weighted by Crippen LogP contribution is -2.24. The Morgan fingerprint density at radius 3 is 2.63 bits per heavy atom. The van der Waals surface area contributed by atoms with Crippen molar-refractivity contribution in [3.8, 4) is 0 Å². The molecule has 0 aliphatic rings. The van der Waals surface area contributed by atoms with Crippen LogP contribution in [-0.2, 0) is 15.3 Å². The summed E-state index contributed by atoms with van der Waals surface area (Å²) in [5, 5.41) is 5.86. The Labute approximate surface area is 182 Å². The van der Waals surface area contributed by atoms with E-state index in [2.05, 4.69) is 20.6 Å². The SMILES string of the molecule is CC(=O)Nc1ccc(C)cc1NC(=O)C(C)SCc1nc2sc(C)c(C)c2c(=O)[nH]1. The maximum Gasteiger partial charge on any atom is 0.259 e. The number of aromatic nitrogens is 2. The van der Waals surface area contributed by atoms with Crippen LogP contribution in [0.25, 0.3) is 10.2 Å². The number of thioether (sulfide) groups is 1. The van der Waals surface area contributed by atoms with Gasteiger partial charge in [-0.2, -0.15) is 0 Å². The third-order valence-electron chi connectivity index (χ3n) is 4.67. The topological polar surface area (TPSA) is 104 Å². The molecule has 3 rings (SSSR count). The van der Waals surface area contributed by atoms with Crippen LogP contribution >= 0.6 is 23.1 Å². The average molecular weight is 445 g/mol. The molecule has 158 valence electrons. The van der Waals surface area contributed by atoms with Gasteiger partial charge in [0, 0.05) is 11.8 Å². The van der Waals surface area contributed by atoms with Crippen LogP contribution in [0.15, 0.2) is 23.0 Å². The van der Waals surface area contributed by atoms with E-state index in [-0.39, 0.29) is 22.6 Å². The zero-order valence-corrected chi connectivity index (χ0v) is 19.1. The summed E-state index contributed by atoms with van der Waals surface area (Å²) in [6.07, 6.45) is 0. The van der Waals surface area contributed by atoms with Crippen molar-refractivity contribution in [2.24, 2.45) is 0 Å². The molecule has 7 nitrogen and oxygen atoms in total. The summed E-state index contributed by atoms with van der Waals surface area (Å²) < 4.78 is 0. The Balaban J connectivity index is 1.70. The molecule has 2 amide bonds. The van der Waals surface area contributed by atoms with Crippen molar-refractivity contribution in [1.29, 1.82) is 0 Å². The first-order chi connectivity index (χ1) is 14.2. The summed E-state index contributed by atoms with van der Waals surface area (Å²) in [5.41, 5.74) is 2.90. The van der Waals surface area contributed by atoms with E-state index in [1.54, 1.807) is 13.0 Å². The second kappa shape index (κ2) is 9.01.